The SMILES string of the molecule is C[C@@H]1CC(=O)c2c(cc3c(-c4c(O)cc(O)c5c(O)c6c(cc45)C[C@@H](C)OC6=O)c(O)cc(O)c3c2O)C1. The Balaban J connectivity index is 1.77. The van der Waals surface area contributed by atoms with Crippen LogP contribution in [0.4, 0.5) is 0 Å². The molecule has 0 saturated carbocycles. The molecule has 0 unspecified atom stereocenters. The van der Waals surface area contributed by atoms with Crippen LogP contribution in [0.1, 0.15) is 52.1 Å². The Labute approximate surface area is 215 Å². The largest absolute Gasteiger partial charge is 0.507 e. The molecule has 0 amide bonds. The molecule has 0 saturated heterocycles. The van der Waals surface area contributed by atoms with Crippen molar-refractivity contribution in [1.29, 1.82) is 0 Å². The van der Waals surface area contributed by atoms with Gasteiger partial charge in [0.1, 0.15) is 46.2 Å². The zero-order valence-electron chi connectivity index (χ0n) is 20.5. The topological polar surface area (TPSA) is 165 Å². The lowest BCUT2D eigenvalue weighted by Gasteiger charge is -2.25. The third-order valence-corrected chi connectivity index (χ3v) is 7.53. The minimum atomic E-state index is -0.750. The summed E-state index contributed by atoms with van der Waals surface area (Å²) in [5.74, 6) is -3.83. The number of phenolic OH excluding ortho intramolecular Hbond substituents is 6. The molecular weight excluding hydrogens is 492 g/mol. The number of hydrogen-bond donors (Lipinski definition) is 6. The Morgan fingerprint density at radius 1 is 0.632 bits per heavy atom. The van der Waals surface area contributed by atoms with Gasteiger partial charge in [0.2, 0.25) is 0 Å². The van der Waals surface area contributed by atoms with Crippen molar-refractivity contribution in [1.82, 2.24) is 0 Å². The van der Waals surface area contributed by atoms with Crippen molar-refractivity contribution in [3.8, 4) is 45.6 Å². The summed E-state index contributed by atoms with van der Waals surface area (Å²) in [6.45, 7) is 3.59. The molecule has 2 atom stereocenters. The average molecular weight is 517 g/mol. The third kappa shape index (κ3) is 3.17. The second-order valence-electron chi connectivity index (χ2n) is 10.3. The molecule has 0 bridgehead atoms. The van der Waals surface area contributed by atoms with Crippen LogP contribution < -0.4 is 0 Å². The first-order chi connectivity index (χ1) is 18.0. The van der Waals surface area contributed by atoms with Crippen LogP contribution in [0.2, 0.25) is 0 Å². The van der Waals surface area contributed by atoms with E-state index in [4.69, 9.17) is 4.74 Å². The molecule has 0 radical (unpaired) electrons. The highest BCUT2D eigenvalue weighted by atomic mass is 16.5. The van der Waals surface area contributed by atoms with Crippen molar-refractivity contribution in [3.05, 3.63) is 46.5 Å². The number of ether oxygens (including phenoxy) is 1. The quantitative estimate of drug-likeness (QED) is 0.196. The highest BCUT2D eigenvalue weighted by molar-refractivity contribution is 6.18. The summed E-state index contributed by atoms with van der Waals surface area (Å²) in [5, 5.41) is 65.8. The van der Waals surface area contributed by atoms with Crippen LogP contribution in [0.15, 0.2) is 24.3 Å². The fourth-order valence-electron chi connectivity index (χ4n) is 6.03. The number of hydrogen-bond acceptors (Lipinski definition) is 9. The first-order valence-electron chi connectivity index (χ1n) is 12.2. The number of Topliss-reactive ketones (excluding diaryl/α,β-unsaturated/α-hetero) is 1. The van der Waals surface area contributed by atoms with Gasteiger partial charge in [-0.15, -0.1) is 0 Å². The molecule has 0 aromatic heterocycles. The van der Waals surface area contributed by atoms with Gasteiger partial charge in [-0.25, -0.2) is 4.79 Å². The molecule has 38 heavy (non-hydrogen) atoms. The van der Waals surface area contributed by atoms with E-state index in [2.05, 4.69) is 0 Å². The molecule has 194 valence electrons. The van der Waals surface area contributed by atoms with E-state index >= 15 is 0 Å². The molecule has 0 spiro atoms. The molecule has 1 heterocycles. The van der Waals surface area contributed by atoms with Gasteiger partial charge in [0.25, 0.3) is 0 Å². The predicted octanol–water partition coefficient (Wildman–Crippen LogP) is 4.76. The fourth-order valence-corrected chi connectivity index (χ4v) is 6.03. The summed E-state index contributed by atoms with van der Waals surface area (Å²) in [6, 6.07) is 5.11. The number of ketones is 1. The molecule has 4 aromatic carbocycles. The number of cyclic esters (lactones) is 1. The molecule has 4 aromatic rings. The lowest BCUT2D eigenvalue weighted by atomic mass is 9.80. The molecule has 1 aliphatic carbocycles. The van der Waals surface area contributed by atoms with E-state index in [1.807, 2.05) is 6.92 Å². The van der Waals surface area contributed by atoms with E-state index in [0.29, 0.717) is 17.5 Å². The summed E-state index contributed by atoms with van der Waals surface area (Å²) in [4.78, 5) is 25.3. The maximum Gasteiger partial charge on any atom is 0.342 e. The van der Waals surface area contributed by atoms with Crippen LogP contribution in [0.25, 0.3) is 32.7 Å². The van der Waals surface area contributed by atoms with E-state index in [1.54, 1.807) is 13.0 Å². The minimum absolute atomic E-state index is 0.000437. The van der Waals surface area contributed by atoms with Crippen LogP contribution in [0, 0.1) is 5.92 Å². The molecule has 6 rings (SSSR count). The molecule has 2 aliphatic rings. The van der Waals surface area contributed by atoms with Crippen molar-refractivity contribution in [2.24, 2.45) is 5.92 Å². The van der Waals surface area contributed by atoms with E-state index in [0.717, 1.165) is 12.1 Å². The van der Waals surface area contributed by atoms with Gasteiger partial charge >= 0.3 is 5.97 Å². The van der Waals surface area contributed by atoms with Crippen LogP contribution in [-0.4, -0.2) is 48.5 Å². The van der Waals surface area contributed by atoms with E-state index < -0.39 is 46.6 Å². The first kappa shape index (κ1) is 23.7. The highest BCUT2D eigenvalue weighted by Crippen LogP contribution is 2.54. The smallest absolute Gasteiger partial charge is 0.342 e. The molecule has 0 fully saturated rings. The molecule has 9 nitrogen and oxygen atoms in total. The maximum absolute atomic E-state index is 12.8. The number of benzene rings is 4. The third-order valence-electron chi connectivity index (χ3n) is 7.53. The minimum Gasteiger partial charge on any atom is -0.507 e. The zero-order chi connectivity index (χ0) is 27.2. The summed E-state index contributed by atoms with van der Waals surface area (Å²) >= 11 is 0. The number of fused-ring (bicyclic) bond motifs is 4. The van der Waals surface area contributed by atoms with Gasteiger partial charge in [-0.3, -0.25) is 4.79 Å². The lowest BCUT2D eigenvalue weighted by molar-refractivity contribution is 0.0297. The van der Waals surface area contributed by atoms with Gasteiger partial charge in [0, 0.05) is 46.9 Å². The number of carbonyl (C=O) groups excluding carboxylic acids is 2. The van der Waals surface area contributed by atoms with Gasteiger partial charge in [-0.2, -0.15) is 0 Å². The van der Waals surface area contributed by atoms with E-state index in [1.165, 1.54) is 6.07 Å². The van der Waals surface area contributed by atoms with Gasteiger partial charge in [-0.1, -0.05) is 6.92 Å². The summed E-state index contributed by atoms with van der Waals surface area (Å²) in [7, 11) is 0. The van der Waals surface area contributed by atoms with Crippen molar-refractivity contribution < 1.29 is 45.0 Å². The van der Waals surface area contributed by atoms with Crippen molar-refractivity contribution in [2.45, 2.75) is 39.2 Å². The number of carbonyl (C=O) groups is 2. The fraction of sp³-hybridized carbons (Fsp3) is 0.241. The highest BCUT2D eigenvalue weighted by Gasteiger charge is 2.33. The number of rotatable bonds is 1. The van der Waals surface area contributed by atoms with Crippen LogP contribution in [-0.2, 0) is 17.6 Å². The van der Waals surface area contributed by atoms with Gasteiger partial charge < -0.3 is 35.4 Å². The summed E-state index contributed by atoms with van der Waals surface area (Å²) < 4.78 is 5.24. The van der Waals surface area contributed by atoms with Gasteiger partial charge in [-0.05, 0) is 42.5 Å². The van der Waals surface area contributed by atoms with Crippen molar-refractivity contribution >= 4 is 33.3 Å². The molecular formula is C29H24O9. The Bertz CT molecular complexity index is 1620. The number of esters is 1. The predicted molar refractivity (Wildman–Crippen MR) is 137 cm³/mol. The second-order valence-corrected chi connectivity index (χ2v) is 10.3. The Morgan fingerprint density at radius 2 is 1.13 bits per heavy atom. The first-order valence-corrected chi connectivity index (χ1v) is 12.2. The summed E-state index contributed by atoms with van der Waals surface area (Å²) in [5.41, 5.74) is 0.981. The number of aromatic hydroxyl groups is 6. The van der Waals surface area contributed by atoms with Gasteiger partial charge in [0.15, 0.2) is 5.78 Å². The summed E-state index contributed by atoms with van der Waals surface area (Å²) in [6.07, 6.45) is 0.493. The second kappa shape index (κ2) is 7.92. The monoisotopic (exact) mass is 516 g/mol. The maximum atomic E-state index is 12.8. The van der Waals surface area contributed by atoms with Crippen LogP contribution in [0.5, 0.6) is 34.5 Å². The Kier molecular flexibility index (Phi) is 4.94. The van der Waals surface area contributed by atoms with Crippen LogP contribution >= 0.6 is 0 Å². The van der Waals surface area contributed by atoms with Crippen molar-refractivity contribution in [3.63, 3.8) is 0 Å². The van der Waals surface area contributed by atoms with Crippen molar-refractivity contribution in [2.75, 3.05) is 0 Å². The molecule has 1 aliphatic heterocycles. The lowest BCUT2D eigenvalue weighted by Crippen LogP contribution is -2.25. The van der Waals surface area contributed by atoms with Gasteiger partial charge in [0.05, 0.1) is 16.3 Å². The average Bonchev–Trinajstić information content (AvgIpc) is 2.79. The number of phenols is 6. The Hall–Kier alpha value is -4.66. The van der Waals surface area contributed by atoms with E-state index in [-0.39, 0.29) is 68.3 Å². The zero-order valence-corrected chi connectivity index (χ0v) is 20.5. The standard InChI is InChI=1S/C29H24O9/c1-10-3-12-6-14-23(17(31)8-19(33)25(14)27(35)21(12)16(30)4-10)24-15-7-13-5-11(2)38-29(37)22(13)28(36)26(15)20(34)9-18(24)32/h6-11,31-36H,3-5H2,1-2H3/t10-,11+/m0/s1. The normalized spacial score (nSPS) is 18.9. The Morgan fingerprint density at radius 3 is 1.68 bits per heavy atom. The molecule has 6 N–H and O–H groups in total. The molecule has 9 heteroatoms. The van der Waals surface area contributed by atoms with Crippen LogP contribution in [0.3, 0.4) is 0 Å². The van der Waals surface area contributed by atoms with E-state index in [9.17, 15) is 40.2 Å².